The van der Waals surface area contributed by atoms with Crippen LogP contribution in [0.15, 0.2) is 42.9 Å². The van der Waals surface area contributed by atoms with E-state index in [1.165, 1.54) is 6.33 Å². The first-order valence-electron chi connectivity index (χ1n) is 9.63. The number of primary amides is 1. The van der Waals surface area contributed by atoms with E-state index in [-0.39, 0.29) is 25.2 Å². The lowest BCUT2D eigenvalue weighted by Crippen LogP contribution is -2.56. The summed E-state index contributed by atoms with van der Waals surface area (Å²) in [6.07, 6.45) is 3.99. The van der Waals surface area contributed by atoms with Crippen LogP contribution in [-0.2, 0) is 32.0 Å². The molecule has 1 aliphatic heterocycles. The lowest BCUT2D eigenvalue weighted by atomic mass is 10.0. The van der Waals surface area contributed by atoms with Crippen molar-refractivity contribution in [3.63, 3.8) is 0 Å². The van der Waals surface area contributed by atoms with Crippen LogP contribution in [0.1, 0.15) is 24.1 Å². The van der Waals surface area contributed by atoms with Gasteiger partial charge in [-0.1, -0.05) is 30.3 Å². The highest BCUT2D eigenvalue weighted by atomic mass is 16.2. The summed E-state index contributed by atoms with van der Waals surface area (Å²) >= 11 is 0. The van der Waals surface area contributed by atoms with Crippen molar-refractivity contribution in [3.8, 4) is 0 Å². The van der Waals surface area contributed by atoms with Crippen molar-refractivity contribution in [2.24, 2.45) is 5.73 Å². The molecular formula is C20H24N6O4. The molecule has 30 heavy (non-hydrogen) atoms. The minimum atomic E-state index is -0.979. The van der Waals surface area contributed by atoms with Crippen molar-refractivity contribution in [2.75, 3.05) is 0 Å². The van der Waals surface area contributed by atoms with Gasteiger partial charge in [-0.2, -0.15) is 0 Å². The number of nitrogens with one attached hydrogen (secondary N) is 4. The van der Waals surface area contributed by atoms with Crippen molar-refractivity contribution in [1.82, 2.24) is 25.9 Å². The molecule has 10 nitrogen and oxygen atoms in total. The number of nitrogens with zero attached hydrogens (tertiary/aromatic N) is 1. The van der Waals surface area contributed by atoms with Gasteiger partial charge in [0.1, 0.15) is 18.1 Å². The highest BCUT2D eigenvalue weighted by Gasteiger charge is 2.32. The Balaban J connectivity index is 1.70. The summed E-state index contributed by atoms with van der Waals surface area (Å²) < 4.78 is 0. The predicted molar refractivity (Wildman–Crippen MR) is 107 cm³/mol. The van der Waals surface area contributed by atoms with Crippen LogP contribution in [-0.4, -0.2) is 51.7 Å². The van der Waals surface area contributed by atoms with Crippen molar-refractivity contribution >= 4 is 23.6 Å². The van der Waals surface area contributed by atoms with Crippen LogP contribution in [0, 0.1) is 0 Å². The number of amides is 4. The number of carbonyl (C=O) groups is 4. The normalized spacial score (nSPS) is 17.6. The summed E-state index contributed by atoms with van der Waals surface area (Å²) in [7, 11) is 0. The third-order valence-electron chi connectivity index (χ3n) is 4.87. The molecule has 4 amide bonds. The van der Waals surface area contributed by atoms with Gasteiger partial charge in [0.15, 0.2) is 0 Å². The summed E-state index contributed by atoms with van der Waals surface area (Å²) in [4.78, 5) is 55.6. The lowest BCUT2D eigenvalue weighted by Gasteiger charge is -2.23. The first-order chi connectivity index (χ1) is 14.4. The molecule has 2 heterocycles. The third-order valence-corrected chi connectivity index (χ3v) is 4.87. The second-order valence-corrected chi connectivity index (χ2v) is 7.15. The molecule has 1 saturated heterocycles. The van der Waals surface area contributed by atoms with Gasteiger partial charge >= 0.3 is 0 Å². The maximum atomic E-state index is 12.9. The van der Waals surface area contributed by atoms with Crippen LogP contribution in [0.25, 0.3) is 0 Å². The predicted octanol–water partition coefficient (Wildman–Crippen LogP) is -1.07. The zero-order chi connectivity index (χ0) is 21.5. The van der Waals surface area contributed by atoms with E-state index in [0.717, 1.165) is 5.56 Å². The number of H-pyrrole nitrogens is 1. The first-order valence-corrected chi connectivity index (χ1v) is 9.63. The smallest absolute Gasteiger partial charge is 0.243 e. The Labute approximate surface area is 173 Å². The quantitative estimate of drug-likeness (QED) is 0.354. The van der Waals surface area contributed by atoms with E-state index in [4.69, 9.17) is 5.73 Å². The number of aromatic nitrogens is 2. The summed E-state index contributed by atoms with van der Waals surface area (Å²) in [5.41, 5.74) is 6.95. The Bertz CT molecular complexity index is 899. The molecule has 3 unspecified atom stereocenters. The summed E-state index contributed by atoms with van der Waals surface area (Å²) in [5.74, 6) is -1.90. The number of carbonyl (C=O) groups excluding carboxylic acids is 4. The molecule has 2 aromatic rings. The fraction of sp³-hybridized carbons (Fsp3) is 0.350. The van der Waals surface area contributed by atoms with Crippen molar-refractivity contribution in [3.05, 3.63) is 54.1 Å². The van der Waals surface area contributed by atoms with E-state index >= 15 is 0 Å². The molecule has 3 rings (SSSR count). The molecule has 10 heteroatoms. The Hall–Kier alpha value is -3.69. The van der Waals surface area contributed by atoms with E-state index in [0.29, 0.717) is 12.1 Å². The van der Waals surface area contributed by atoms with Gasteiger partial charge < -0.3 is 26.7 Å². The van der Waals surface area contributed by atoms with Gasteiger partial charge in [-0.15, -0.1) is 0 Å². The minimum Gasteiger partial charge on any atom is -0.368 e. The van der Waals surface area contributed by atoms with Crippen LogP contribution in [0.3, 0.4) is 0 Å². The van der Waals surface area contributed by atoms with Crippen LogP contribution >= 0.6 is 0 Å². The molecular weight excluding hydrogens is 388 g/mol. The van der Waals surface area contributed by atoms with Crippen LogP contribution in [0.5, 0.6) is 0 Å². The molecule has 0 bridgehead atoms. The molecule has 1 aromatic carbocycles. The van der Waals surface area contributed by atoms with Crippen LogP contribution in [0.4, 0.5) is 0 Å². The van der Waals surface area contributed by atoms with Crippen LogP contribution < -0.4 is 21.7 Å². The molecule has 0 saturated carbocycles. The average Bonchev–Trinajstić information content (AvgIpc) is 3.39. The van der Waals surface area contributed by atoms with Gasteiger partial charge in [-0.05, 0) is 12.0 Å². The largest absolute Gasteiger partial charge is 0.368 e. The number of rotatable bonds is 9. The number of nitrogens with two attached hydrogens (primary N) is 1. The molecule has 1 aliphatic rings. The van der Waals surface area contributed by atoms with E-state index < -0.39 is 35.8 Å². The van der Waals surface area contributed by atoms with Crippen LogP contribution in [0.2, 0.25) is 0 Å². The van der Waals surface area contributed by atoms with E-state index in [9.17, 15) is 19.2 Å². The van der Waals surface area contributed by atoms with Gasteiger partial charge in [0.2, 0.25) is 23.6 Å². The number of benzene rings is 1. The van der Waals surface area contributed by atoms with E-state index in [2.05, 4.69) is 25.9 Å². The number of hydrogen-bond acceptors (Lipinski definition) is 5. The summed E-state index contributed by atoms with van der Waals surface area (Å²) in [6.45, 7) is 0. The minimum absolute atomic E-state index is 0.134. The van der Waals surface area contributed by atoms with Gasteiger partial charge in [-0.3, -0.25) is 19.2 Å². The Morgan fingerprint density at radius 3 is 2.50 bits per heavy atom. The molecule has 0 spiro atoms. The zero-order valence-corrected chi connectivity index (χ0v) is 16.3. The Morgan fingerprint density at radius 2 is 1.90 bits per heavy atom. The molecule has 1 fully saturated rings. The zero-order valence-electron chi connectivity index (χ0n) is 16.3. The standard InChI is InChI=1S/C20H24N6O4/c21-18(28)15(8-12-4-2-1-3-5-12)25-20(30)16(9-13-10-22-11-23-13)26-19(29)14-6-7-17(27)24-14/h1-5,10-11,14-16H,6-9H2,(H2,21,28)(H,22,23)(H,24,27)(H,25,30)(H,26,29). The third kappa shape index (κ3) is 5.66. The number of imidazole rings is 1. The van der Waals surface area contributed by atoms with Gasteiger partial charge in [-0.25, -0.2) is 4.98 Å². The Kier molecular flexibility index (Phi) is 6.79. The molecule has 6 N–H and O–H groups in total. The molecule has 1 aromatic heterocycles. The highest BCUT2D eigenvalue weighted by Crippen LogP contribution is 2.09. The van der Waals surface area contributed by atoms with Gasteiger partial charge in [0, 0.05) is 31.2 Å². The van der Waals surface area contributed by atoms with E-state index in [1.54, 1.807) is 6.20 Å². The Morgan fingerprint density at radius 1 is 1.13 bits per heavy atom. The molecule has 0 radical (unpaired) electrons. The fourth-order valence-electron chi connectivity index (χ4n) is 3.25. The fourth-order valence-corrected chi connectivity index (χ4v) is 3.25. The SMILES string of the molecule is NC(=O)C(Cc1ccccc1)NC(=O)C(Cc1cnc[nH]1)NC(=O)C1CCC(=O)N1. The van der Waals surface area contributed by atoms with Gasteiger partial charge in [0.25, 0.3) is 0 Å². The summed E-state index contributed by atoms with van der Waals surface area (Å²) in [5, 5.41) is 7.86. The molecule has 0 aliphatic carbocycles. The van der Waals surface area contributed by atoms with Crippen molar-refractivity contribution in [2.45, 2.75) is 43.8 Å². The van der Waals surface area contributed by atoms with E-state index in [1.807, 2.05) is 30.3 Å². The first kappa shape index (κ1) is 21.0. The maximum Gasteiger partial charge on any atom is 0.243 e. The number of hydrogen-bond donors (Lipinski definition) is 5. The number of aromatic amines is 1. The lowest BCUT2D eigenvalue weighted by molar-refractivity contribution is -0.132. The monoisotopic (exact) mass is 412 g/mol. The topological polar surface area (TPSA) is 159 Å². The van der Waals surface area contributed by atoms with Crippen molar-refractivity contribution < 1.29 is 19.2 Å². The highest BCUT2D eigenvalue weighted by molar-refractivity contribution is 5.95. The van der Waals surface area contributed by atoms with Crippen molar-refractivity contribution in [1.29, 1.82) is 0 Å². The maximum absolute atomic E-state index is 12.9. The summed E-state index contributed by atoms with van der Waals surface area (Å²) in [6, 6.07) is 6.55. The van der Waals surface area contributed by atoms with Gasteiger partial charge in [0.05, 0.1) is 6.33 Å². The average molecular weight is 412 g/mol. The molecule has 3 atom stereocenters. The second-order valence-electron chi connectivity index (χ2n) is 7.15. The molecule has 158 valence electrons. The second kappa shape index (κ2) is 9.68.